The van der Waals surface area contributed by atoms with E-state index in [1.165, 1.54) is 71.2 Å². The van der Waals surface area contributed by atoms with E-state index >= 15 is 0 Å². The van der Waals surface area contributed by atoms with Crippen molar-refractivity contribution in [2.45, 2.75) is 137 Å². The molecule has 6 aliphatic rings. The Labute approximate surface area is 859 Å². The van der Waals surface area contributed by atoms with E-state index in [-0.39, 0.29) is 64.2 Å². The van der Waals surface area contributed by atoms with Crippen LogP contribution in [0.25, 0.3) is 157 Å². The van der Waals surface area contributed by atoms with Crippen molar-refractivity contribution in [2.75, 3.05) is 19.6 Å². The number of halogens is 4. The molecule has 0 bridgehead atoms. The minimum Gasteiger partial charge on any atom is -0.477 e. The smallest absolute Gasteiger partial charge is 0.352 e. The van der Waals surface area contributed by atoms with Crippen LogP contribution in [0.1, 0.15) is 250 Å². The van der Waals surface area contributed by atoms with Gasteiger partial charge in [0.15, 0.2) is 0 Å². The minimum atomic E-state index is -1.13. The van der Waals surface area contributed by atoms with Crippen molar-refractivity contribution >= 4 is 132 Å². The van der Waals surface area contributed by atoms with Crippen LogP contribution in [0.2, 0.25) is 0 Å². The second-order valence-electron chi connectivity index (χ2n) is 39.5. The third-order valence-electron chi connectivity index (χ3n) is 28.4. The largest absolute Gasteiger partial charge is 0.477 e. The average molecular weight is 2040 g/mol. The van der Waals surface area contributed by atoms with Crippen LogP contribution in [0.4, 0.5) is 17.6 Å². The number of rotatable bonds is 25. The standard InChI is InChI=1S/C30H25FN4O3S.2C30H28FN3O3.C28H22FN3O3S/c1-15(2)25-26(28(30(37)38)35-27(25)22-12-18(31)13-23-20(22)6-7-32-23)21-11-17(10-16-4-3-5-19(16)21)29(36)34-14-24-33-8-9-39-24;1-16(2)25-26(22-13-18(12-17-6-5-7-20(17)22)29(35)34-10-3-4-11-34)28(30(36)37)33-27(25)23-14-19(31)15-24-21(23)8-9-32-24;1-15(2)25-26(22-11-18(10-17-4-3-5-20(17)22)29(35)33-14-16-6-7-16)28(30(36)37)34-27(25)23-12-19(31)13-24-21(23)8-9-32-24;1-14(2)23-24(20-13-17(35-28-31-8-9-36-28)10-15-4-3-5-18(15)20)26(27(33)34)32-25(23)21-11-16(29)12-22-19(21)6-7-30-22/h3,5-13,15,32,35H,4,14H2,1-2H3,(H,34,36)(H,37,38);5,7-9,12-16,32-33H,3-4,6,10-11H2,1-2H3,(H,36,37);3,5,8-13,15-16,32,34H,4,6-7,14H2,1-2H3,(H,33,35)(H,36,37);3,5-14,30,32H,4H2,1-2H3,(H,33,34). The van der Waals surface area contributed by atoms with E-state index in [9.17, 15) is 71.5 Å². The van der Waals surface area contributed by atoms with E-state index < -0.39 is 47.1 Å². The number of aromatic carboxylic acids is 4. The number of aromatic nitrogens is 10. The predicted molar refractivity (Wildman–Crippen MR) is 575 cm³/mol. The number of hydrogen-bond donors (Lipinski definition) is 14. The first-order valence-electron chi connectivity index (χ1n) is 49.6. The van der Waals surface area contributed by atoms with E-state index in [0.29, 0.717) is 166 Å². The zero-order valence-electron chi connectivity index (χ0n) is 82.4. The molecule has 14 N–H and O–H groups in total. The molecule has 10 aromatic heterocycles. The Morgan fingerprint density at radius 1 is 0.403 bits per heavy atom. The fraction of sp³-hybridized carbons (Fsp3) is 0.212. The van der Waals surface area contributed by atoms with Gasteiger partial charge in [-0.1, -0.05) is 115 Å². The average Bonchev–Trinajstić information content (AvgIpc) is 1.59. The van der Waals surface area contributed by atoms with Crippen LogP contribution >= 0.6 is 22.7 Å². The number of nitrogens with one attached hydrogen (secondary N) is 10. The fourth-order valence-corrected chi connectivity index (χ4v) is 22.9. The lowest BCUT2D eigenvalue weighted by Crippen LogP contribution is -2.27. The summed E-state index contributed by atoms with van der Waals surface area (Å²) in [4.78, 5) is 125. The van der Waals surface area contributed by atoms with Crippen LogP contribution in [0.15, 0.2) is 194 Å². The number of thiazole rings is 2. The summed E-state index contributed by atoms with van der Waals surface area (Å²) in [5.74, 6) is -5.68. The number of allylic oxidation sites excluding steroid dienone is 4. The van der Waals surface area contributed by atoms with Crippen molar-refractivity contribution in [1.82, 2.24) is 65.4 Å². The van der Waals surface area contributed by atoms with Crippen molar-refractivity contribution in [1.29, 1.82) is 0 Å². The number of carbonyl (C=O) groups excluding carboxylic acids is 3. The van der Waals surface area contributed by atoms with Gasteiger partial charge in [0.2, 0.25) is 0 Å². The van der Waals surface area contributed by atoms with Gasteiger partial charge in [-0.15, -0.1) is 11.3 Å². The Bertz CT molecular complexity index is 8630. The molecule has 31 heteroatoms. The maximum atomic E-state index is 14.7. The summed E-state index contributed by atoms with van der Waals surface area (Å²) in [6.07, 6.45) is 33.4. The Balaban J connectivity index is 0.000000116. The first-order chi connectivity index (χ1) is 71.9. The normalized spacial score (nSPS) is 13.5. The van der Waals surface area contributed by atoms with E-state index in [2.05, 4.69) is 66.5 Å². The highest BCUT2D eigenvalue weighted by Crippen LogP contribution is 2.53. The molecule has 0 radical (unpaired) electrons. The molecule has 1 aliphatic heterocycles. The molecular weight excluding hydrogens is 1930 g/mol. The number of ether oxygens (including phenoxy) is 1. The summed E-state index contributed by atoms with van der Waals surface area (Å²) in [5, 5.41) is 55.4. The van der Waals surface area contributed by atoms with Crippen molar-refractivity contribution in [2.24, 2.45) is 5.92 Å². The highest BCUT2D eigenvalue weighted by atomic mass is 32.1. The van der Waals surface area contributed by atoms with Gasteiger partial charge < -0.3 is 80.6 Å². The SMILES string of the molecule is CC(C)c1c(-c2cc(F)cc3[nH]ccc23)[nH]c(C(=O)O)c1-c1cc(C(=O)N2CCCC2)cc2c1C=CC2.CC(C)c1c(-c2cc(F)cc3[nH]ccc23)[nH]c(C(=O)O)c1-c1cc(C(=O)NCC2CC2)cc2c1C=CC2.CC(C)c1c(-c2cc(F)cc3[nH]ccc23)[nH]c(C(=O)O)c1-c1cc(C(=O)NCc2nccs2)cc2c1C=CC2.CC(C)c1c(-c2cc(F)cc3[nH]ccc23)[nH]c(C(=O)O)c1-c1cc(Oc2nccs2)cc2c1C=CC2. The summed E-state index contributed by atoms with van der Waals surface area (Å²) in [6.45, 7) is 18.4. The van der Waals surface area contributed by atoms with Crippen LogP contribution in [-0.4, -0.2) is 136 Å². The number of amides is 3. The zero-order chi connectivity index (χ0) is 104. The van der Waals surface area contributed by atoms with E-state index in [1.54, 1.807) is 49.3 Å². The van der Waals surface area contributed by atoms with E-state index in [0.717, 1.165) is 150 Å². The van der Waals surface area contributed by atoms with E-state index in [4.69, 9.17) is 4.74 Å². The molecule has 752 valence electrons. The Kier molecular flexibility index (Phi) is 26.4. The second kappa shape index (κ2) is 40.1. The molecule has 11 heterocycles. The number of fused-ring (bicyclic) bond motifs is 8. The van der Waals surface area contributed by atoms with Gasteiger partial charge in [0.05, 0.1) is 29.3 Å². The Morgan fingerprint density at radius 2 is 0.732 bits per heavy atom. The maximum Gasteiger partial charge on any atom is 0.352 e. The molecule has 2 fully saturated rings. The first-order valence-corrected chi connectivity index (χ1v) is 51.3. The quantitative estimate of drug-likeness (QED) is 0.0237. The molecular formula is C118H103F4N13O12S2. The third kappa shape index (κ3) is 18.8. The van der Waals surface area contributed by atoms with Gasteiger partial charge in [-0.25, -0.2) is 46.7 Å². The summed E-state index contributed by atoms with van der Waals surface area (Å²) >= 11 is 2.85. The summed E-state index contributed by atoms with van der Waals surface area (Å²) in [6, 6.07) is 33.9. The number of benzene rings is 8. The van der Waals surface area contributed by atoms with Crippen LogP contribution in [-0.2, 0) is 32.2 Å². The molecule has 25 nitrogen and oxygen atoms in total. The molecule has 3 amide bonds. The first kappa shape index (κ1) is 98.1. The van der Waals surface area contributed by atoms with Crippen LogP contribution < -0.4 is 15.4 Å². The molecule has 1 saturated heterocycles. The molecule has 1 saturated carbocycles. The molecule has 5 aliphatic carbocycles. The number of hydrogen-bond acceptors (Lipinski definition) is 12. The van der Waals surface area contributed by atoms with Crippen LogP contribution in [0, 0.1) is 29.2 Å². The second-order valence-corrected chi connectivity index (χ2v) is 41.3. The van der Waals surface area contributed by atoms with Gasteiger partial charge in [0.1, 0.15) is 56.8 Å². The lowest BCUT2D eigenvalue weighted by Gasteiger charge is -2.19. The molecule has 149 heavy (non-hydrogen) atoms. The predicted octanol–water partition coefficient (Wildman–Crippen LogP) is 27.5. The van der Waals surface area contributed by atoms with Crippen molar-refractivity contribution in [3.05, 3.63) is 328 Å². The number of likely N-dealkylation sites (tertiary alicyclic amines) is 1. The summed E-state index contributed by atoms with van der Waals surface area (Å²) in [5.41, 5.74) is 24.8. The van der Waals surface area contributed by atoms with Crippen LogP contribution in [0.3, 0.4) is 0 Å². The zero-order valence-corrected chi connectivity index (χ0v) is 84.0. The summed E-state index contributed by atoms with van der Waals surface area (Å²) in [7, 11) is 0. The van der Waals surface area contributed by atoms with Crippen LogP contribution in [0.5, 0.6) is 10.9 Å². The number of aromatic amines is 8. The van der Waals surface area contributed by atoms with Crippen molar-refractivity contribution in [3.8, 4) is 100 Å². The molecule has 24 rings (SSSR count). The molecule has 0 unspecified atom stereocenters. The minimum absolute atomic E-state index is 0.00416. The lowest BCUT2D eigenvalue weighted by molar-refractivity contribution is 0.0681. The third-order valence-corrected chi connectivity index (χ3v) is 29.9. The number of nitrogens with zero attached hydrogens (tertiary/aromatic N) is 3. The molecule has 0 atom stereocenters. The Morgan fingerprint density at radius 3 is 1.06 bits per heavy atom. The van der Waals surface area contributed by atoms with Gasteiger partial charge in [-0.2, -0.15) is 0 Å². The maximum absolute atomic E-state index is 14.7. The molecule has 0 spiro atoms. The van der Waals surface area contributed by atoms with Gasteiger partial charge in [0.25, 0.3) is 22.9 Å². The number of carbonyl (C=O) groups is 7. The van der Waals surface area contributed by atoms with Crippen molar-refractivity contribution in [3.63, 3.8) is 0 Å². The lowest BCUT2D eigenvalue weighted by atomic mass is 9.86. The summed E-state index contributed by atoms with van der Waals surface area (Å²) < 4.78 is 64.6. The number of carboxylic acid groups (broad SMARTS) is 4. The van der Waals surface area contributed by atoms with Gasteiger partial charge in [-0.3, -0.25) is 14.4 Å². The molecule has 8 aromatic carbocycles. The molecule has 18 aromatic rings. The highest BCUT2D eigenvalue weighted by Gasteiger charge is 2.38. The fourth-order valence-electron chi connectivity index (χ4n) is 21.8. The van der Waals surface area contributed by atoms with Crippen molar-refractivity contribution < 1.29 is 76.3 Å². The number of H-pyrrole nitrogens is 8. The Hall–Kier alpha value is -16.9. The highest BCUT2D eigenvalue weighted by molar-refractivity contribution is 7.11. The van der Waals surface area contributed by atoms with Gasteiger partial charge in [0, 0.05) is 172 Å². The number of carboxylic acids is 4. The topological polar surface area (TPSA) is 389 Å². The van der Waals surface area contributed by atoms with Gasteiger partial charge >= 0.3 is 23.9 Å². The monoisotopic (exact) mass is 2030 g/mol. The van der Waals surface area contributed by atoms with E-state index in [1.807, 2.05) is 174 Å². The van der Waals surface area contributed by atoms with Gasteiger partial charge in [-0.05, 0) is 291 Å².